The van der Waals surface area contributed by atoms with Crippen LogP contribution in [0.4, 0.5) is 0 Å². The number of rotatable bonds is 6. The summed E-state index contributed by atoms with van der Waals surface area (Å²) in [6.07, 6.45) is 8.05. The van der Waals surface area contributed by atoms with Crippen LogP contribution in [-0.4, -0.2) is 32.4 Å². The lowest BCUT2D eigenvalue weighted by molar-refractivity contribution is -0.0349. The maximum Gasteiger partial charge on any atom is 0.0940 e. The van der Waals surface area contributed by atoms with Gasteiger partial charge in [-0.25, -0.2) is 0 Å². The van der Waals surface area contributed by atoms with Crippen LogP contribution in [0.1, 0.15) is 33.1 Å². The van der Waals surface area contributed by atoms with Crippen molar-refractivity contribution in [2.24, 2.45) is 17.8 Å². The van der Waals surface area contributed by atoms with Gasteiger partial charge >= 0.3 is 0 Å². The summed E-state index contributed by atoms with van der Waals surface area (Å²) >= 11 is 0. The second kappa shape index (κ2) is 7.15. The van der Waals surface area contributed by atoms with Gasteiger partial charge in [0.2, 0.25) is 0 Å². The second-order valence-electron chi connectivity index (χ2n) is 5.54. The lowest BCUT2D eigenvalue weighted by atomic mass is 9.83. The Hall–Kier alpha value is -0.540. The molecule has 1 saturated heterocycles. The first-order valence-corrected chi connectivity index (χ1v) is 7.45. The van der Waals surface area contributed by atoms with E-state index in [4.69, 9.17) is 9.47 Å². The SMILES string of the molecule is CCC(CC)CO[C@H]1CNCC[C@@H]1C1C=COC1. The molecule has 0 bridgehead atoms. The topological polar surface area (TPSA) is 30.5 Å². The third-order valence-corrected chi connectivity index (χ3v) is 4.44. The highest BCUT2D eigenvalue weighted by atomic mass is 16.5. The highest BCUT2D eigenvalue weighted by Crippen LogP contribution is 2.29. The molecule has 2 rings (SSSR count). The van der Waals surface area contributed by atoms with Crippen LogP contribution in [0.3, 0.4) is 0 Å². The van der Waals surface area contributed by atoms with Crippen molar-refractivity contribution >= 4 is 0 Å². The van der Waals surface area contributed by atoms with E-state index in [0.29, 0.717) is 23.9 Å². The monoisotopic (exact) mass is 253 g/mol. The molecule has 1 N–H and O–H groups in total. The van der Waals surface area contributed by atoms with Gasteiger partial charge in [-0.15, -0.1) is 0 Å². The quantitative estimate of drug-likeness (QED) is 0.789. The van der Waals surface area contributed by atoms with E-state index in [-0.39, 0.29) is 0 Å². The Balaban J connectivity index is 1.85. The van der Waals surface area contributed by atoms with E-state index < -0.39 is 0 Å². The van der Waals surface area contributed by atoms with Gasteiger partial charge in [0.25, 0.3) is 0 Å². The third-order valence-electron chi connectivity index (χ3n) is 4.44. The van der Waals surface area contributed by atoms with Crippen LogP contribution < -0.4 is 5.32 Å². The zero-order chi connectivity index (χ0) is 12.8. The molecule has 2 aliphatic heterocycles. The molecule has 1 unspecified atom stereocenters. The van der Waals surface area contributed by atoms with Crippen molar-refractivity contribution in [1.82, 2.24) is 5.32 Å². The number of piperidine rings is 1. The van der Waals surface area contributed by atoms with Crippen LogP contribution in [0.5, 0.6) is 0 Å². The Morgan fingerprint density at radius 3 is 2.89 bits per heavy atom. The summed E-state index contributed by atoms with van der Waals surface area (Å²) in [4.78, 5) is 0. The molecule has 3 nitrogen and oxygen atoms in total. The number of hydrogen-bond donors (Lipinski definition) is 1. The molecule has 3 atom stereocenters. The van der Waals surface area contributed by atoms with Crippen LogP contribution >= 0.6 is 0 Å². The minimum absolute atomic E-state index is 0.357. The minimum Gasteiger partial charge on any atom is -0.501 e. The maximum absolute atomic E-state index is 6.20. The van der Waals surface area contributed by atoms with Crippen molar-refractivity contribution < 1.29 is 9.47 Å². The summed E-state index contributed by atoms with van der Waals surface area (Å²) in [6.45, 7) is 8.36. The zero-order valence-electron chi connectivity index (χ0n) is 11.7. The highest BCUT2D eigenvalue weighted by Gasteiger charge is 2.33. The smallest absolute Gasteiger partial charge is 0.0940 e. The predicted octanol–water partition coefficient (Wildman–Crippen LogP) is 2.58. The standard InChI is InChI=1S/C15H27NO2/c1-3-12(4-2)10-18-15-9-16-7-5-14(15)13-6-8-17-11-13/h6,8,12-16H,3-5,7,9-11H2,1-2H3/t13?,14-,15+/m1/s1. The molecule has 0 aromatic rings. The van der Waals surface area contributed by atoms with Gasteiger partial charge in [0.1, 0.15) is 0 Å². The molecule has 0 aromatic heterocycles. The van der Waals surface area contributed by atoms with Crippen LogP contribution in [-0.2, 0) is 9.47 Å². The van der Waals surface area contributed by atoms with E-state index in [1.54, 1.807) is 0 Å². The summed E-state index contributed by atoms with van der Waals surface area (Å²) in [6, 6.07) is 0. The van der Waals surface area contributed by atoms with E-state index in [1.807, 2.05) is 6.26 Å². The van der Waals surface area contributed by atoms with Crippen molar-refractivity contribution in [3.8, 4) is 0 Å². The molecule has 18 heavy (non-hydrogen) atoms. The van der Waals surface area contributed by atoms with Gasteiger partial charge in [0.05, 0.1) is 19.0 Å². The fourth-order valence-electron chi connectivity index (χ4n) is 2.95. The summed E-state index contributed by atoms with van der Waals surface area (Å²) in [5, 5.41) is 3.46. The average Bonchev–Trinajstić information content (AvgIpc) is 2.94. The van der Waals surface area contributed by atoms with Gasteiger partial charge in [-0.2, -0.15) is 0 Å². The maximum atomic E-state index is 6.20. The lowest BCUT2D eigenvalue weighted by Crippen LogP contribution is -2.45. The predicted molar refractivity (Wildman–Crippen MR) is 73.4 cm³/mol. The van der Waals surface area contributed by atoms with E-state index in [0.717, 1.165) is 26.3 Å². The van der Waals surface area contributed by atoms with Crippen molar-refractivity contribution in [2.75, 3.05) is 26.3 Å². The van der Waals surface area contributed by atoms with Crippen LogP contribution in [0.2, 0.25) is 0 Å². The Labute approximate surface area is 111 Å². The molecule has 1 fully saturated rings. The van der Waals surface area contributed by atoms with Gasteiger partial charge < -0.3 is 14.8 Å². The van der Waals surface area contributed by atoms with Gasteiger partial charge in [0, 0.05) is 19.1 Å². The number of nitrogens with one attached hydrogen (secondary N) is 1. The molecule has 0 aliphatic carbocycles. The molecule has 0 radical (unpaired) electrons. The van der Waals surface area contributed by atoms with E-state index in [9.17, 15) is 0 Å². The molecular formula is C15H27NO2. The molecule has 3 heteroatoms. The van der Waals surface area contributed by atoms with Gasteiger partial charge in [-0.1, -0.05) is 26.7 Å². The van der Waals surface area contributed by atoms with Crippen molar-refractivity contribution in [2.45, 2.75) is 39.2 Å². The Morgan fingerprint density at radius 2 is 2.22 bits per heavy atom. The summed E-state index contributed by atoms with van der Waals surface area (Å²) in [5.41, 5.74) is 0. The first-order chi connectivity index (χ1) is 8.85. The van der Waals surface area contributed by atoms with E-state index >= 15 is 0 Å². The average molecular weight is 253 g/mol. The van der Waals surface area contributed by atoms with Crippen molar-refractivity contribution in [1.29, 1.82) is 0 Å². The van der Waals surface area contributed by atoms with Crippen molar-refractivity contribution in [3.63, 3.8) is 0 Å². The number of hydrogen-bond acceptors (Lipinski definition) is 3. The third kappa shape index (κ3) is 3.48. The lowest BCUT2D eigenvalue weighted by Gasteiger charge is -2.35. The van der Waals surface area contributed by atoms with Crippen LogP contribution in [0.15, 0.2) is 12.3 Å². The fourth-order valence-corrected chi connectivity index (χ4v) is 2.95. The van der Waals surface area contributed by atoms with E-state index in [1.165, 1.54) is 19.3 Å². The molecule has 104 valence electrons. The fraction of sp³-hybridized carbons (Fsp3) is 0.867. The Bertz CT molecular complexity index is 263. The minimum atomic E-state index is 0.357. The second-order valence-corrected chi connectivity index (χ2v) is 5.54. The van der Waals surface area contributed by atoms with Gasteiger partial charge in [-0.3, -0.25) is 0 Å². The normalized spacial score (nSPS) is 31.8. The molecule has 0 aromatic carbocycles. The molecule has 0 saturated carbocycles. The molecular weight excluding hydrogens is 226 g/mol. The highest BCUT2D eigenvalue weighted by molar-refractivity contribution is 4.97. The summed E-state index contributed by atoms with van der Waals surface area (Å²) in [5.74, 6) is 1.89. The van der Waals surface area contributed by atoms with Crippen LogP contribution in [0, 0.1) is 17.8 Å². The van der Waals surface area contributed by atoms with Gasteiger partial charge in [-0.05, 0) is 30.9 Å². The Kier molecular flexibility index (Phi) is 5.51. The summed E-state index contributed by atoms with van der Waals surface area (Å²) in [7, 11) is 0. The molecule has 0 spiro atoms. The largest absolute Gasteiger partial charge is 0.501 e. The number of ether oxygens (including phenoxy) is 2. The first kappa shape index (κ1) is 13.9. The first-order valence-electron chi connectivity index (χ1n) is 7.45. The molecule has 2 heterocycles. The summed E-state index contributed by atoms with van der Waals surface area (Å²) < 4.78 is 11.6. The van der Waals surface area contributed by atoms with Crippen LogP contribution in [0.25, 0.3) is 0 Å². The van der Waals surface area contributed by atoms with Gasteiger partial charge in [0.15, 0.2) is 0 Å². The Morgan fingerprint density at radius 1 is 1.39 bits per heavy atom. The van der Waals surface area contributed by atoms with Crippen molar-refractivity contribution in [3.05, 3.63) is 12.3 Å². The molecule has 2 aliphatic rings. The molecule has 0 amide bonds. The zero-order valence-corrected chi connectivity index (χ0v) is 11.7. The van der Waals surface area contributed by atoms with E-state index in [2.05, 4.69) is 25.2 Å².